The maximum Gasteiger partial charge on any atom is 0.125 e. The Morgan fingerprint density at radius 2 is 2.06 bits per heavy atom. The average molecular weight is 212 g/mol. The van der Waals surface area contributed by atoms with Crippen LogP contribution in [0.4, 0.5) is 0 Å². The van der Waals surface area contributed by atoms with E-state index in [1.165, 1.54) is 5.56 Å². The molecule has 0 aromatic heterocycles. The molecule has 0 amide bonds. The van der Waals surface area contributed by atoms with Crippen molar-refractivity contribution in [2.75, 3.05) is 0 Å². The van der Waals surface area contributed by atoms with Crippen molar-refractivity contribution in [3.05, 3.63) is 48.2 Å². The van der Waals surface area contributed by atoms with Gasteiger partial charge in [0.25, 0.3) is 0 Å². The molecular formula is C14H16N2. The van der Waals surface area contributed by atoms with E-state index >= 15 is 0 Å². The predicted molar refractivity (Wildman–Crippen MR) is 64.6 cm³/mol. The molecule has 0 spiro atoms. The van der Waals surface area contributed by atoms with E-state index in [9.17, 15) is 0 Å². The molecule has 0 unspecified atom stereocenters. The van der Waals surface area contributed by atoms with Crippen LogP contribution in [0.15, 0.2) is 42.6 Å². The zero-order chi connectivity index (χ0) is 11.4. The molecule has 0 heterocycles. The molecule has 1 aromatic rings. The van der Waals surface area contributed by atoms with Gasteiger partial charge in [0.05, 0.1) is 6.07 Å². The summed E-state index contributed by atoms with van der Waals surface area (Å²) in [7, 11) is 0. The summed E-state index contributed by atoms with van der Waals surface area (Å²) in [5, 5.41) is 12.2. The number of hydrogen-bond donors (Lipinski definition) is 1. The van der Waals surface area contributed by atoms with Crippen LogP contribution in [0.2, 0.25) is 0 Å². The van der Waals surface area contributed by atoms with E-state index in [-0.39, 0.29) is 5.54 Å². The summed E-state index contributed by atoms with van der Waals surface area (Å²) in [4.78, 5) is 0. The molecule has 16 heavy (non-hydrogen) atoms. The first-order chi connectivity index (χ1) is 7.74. The maximum absolute atomic E-state index is 8.94. The standard InChI is InChI=1S/C14H16N2/c1-12(16-14(11-15)9-10-14)7-8-13-5-3-2-4-6-13/h2-6,16H,1,7-10H2. The van der Waals surface area contributed by atoms with Gasteiger partial charge in [0.1, 0.15) is 5.54 Å². The fraction of sp³-hybridized carbons (Fsp3) is 0.357. The molecule has 1 aliphatic carbocycles. The second kappa shape index (κ2) is 4.40. The van der Waals surface area contributed by atoms with Crippen LogP contribution in [0.5, 0.6) is 0 Å². The second-order valence-electron chi connectivity index (χ2n) is 4.41. The highest BCUT2D eigenvalue weighted by Crippen LogP contribution is 2.35. The van der Waals surface area contributed by atoms with Gasteiger partial charge in [-0.3, -0.25) is 0 Å². The Balaban J connectivity index is 1.79. The fourth-order valence-corrected chi connectivity index (χ4v) is 1.73. The molecule has 2 rings (SSSR count). The highest BCUT2D eigenvalue weighted by atomic mass is 15.0. The van der Waals surface area contributed by atoms with Crippen LogP contribution >= 0.6 is 0 Å². The van der Waals surface area contributed by atoms with Crippen molar-refractivity contribution in [2.45, 2.75) is 31.2 Å². The molecule has 0 atom stereocenters. The summed E-state index contributed by atoms with van der Waals surface area (Å²) in [5.74, 6) is 0. The van der Waals surface area contributed by atoms with E-state index in [0.717, 1.165) is 31.4 Å². The largest absolute Gasteiger partial charge is 0.371 e. The number of nitriles is 1. The lowest BCUT2D eigenvalue weighted by Gasteiger charge is -2.13. The highest BCUT2D eigenvalue weighted by Gasteiger charge is 2.43. The SMILES string of the molecule is C=C(CCc1ccccc1)NC1(C#N)CC1. The molecule has 2 nitrogen and oxygen atoms in total. The lowest BCUT2D eigenvalue weighted by molar-refractivity contribution is 0.654. The molecule has 82 valence electrons. The third-order valence-corrected chi connectivity index (χ3v) is 2.94. The quantitative estimate of drug-likeness (QED) is 0.814. The van der Waals surface area contributed by atoms with Gasteiger partial charge in [-0.2, -0.15) is 5.26 Å². The van der Waals surface area contributed by atoms with Crippen LogP contribution in [0.1, 0.15) is 24.8 Å². The number of aryl methyl sites for hydroxylation is 1. The van der Waals surface area contributed by atoms with Crippen molar-refractivity contribution in [1.29, 1.82) is 5.26 Å². The van der Waals surface area contributed by atoms with Crippen LogP contribution in [0.25, 0.3) is 0 Å². The first-order valence-corrected chi connectivity index (χ1v) is 5.65. The second-order valence-corrected chi connectivity index (χ2v) is 4.41. The highest BCUT2D eigenvalue weighted by molar-refractivity contribution is 5.23. The van der Waals surface area contributed by atoms with Crippen molar-refractivity contribution in [2.24, 2.45) is 0 Å². The Bertz CT molecular complexity index is 410. The molecule has 2 heteroatoms. The molecule has 1 saturated carbocycles. The van der Waals surface area contributed by atoms with Crippen LogP contribution in [0.3, 0.4) is 0 Å². The van der Waals surface area contributed by atoms with Crippen molar-refractivity contribution >= 4 is 0 Å². The molecule has 0 aliphatic heterocycles. The van der Waals surface area contributed by atoms with Gasteiger partial charge in [-0.05, 0) is 31.2 Å². The van der Waals surface area contributed by atoms with Crippen LogP contribution in [-0.2, 0) is 6.42 Å². The molecule has 1 aliphatic rings. The Morgan fingerprint density at radius 1 is 1.38 bits per heavy atom. The van der Waals surface area contributed by atoms with Gasteiger partial charge in [-0.15, -0.1) is 0 Å². The molecule has 0 radical (unpaired) electrons. The number of nitrogens with one attached hydrogen (secondary N) is 1. The van der Waals surface area contributed by atoms with E-state index in [0.29, 0.717) is 0 Å². The number of rotatable bonds is 5. The Hall–Kier alpha value is -1.75. The monoisotopic (exact) mass is 212 g/mol. The van der Waals surface area contributed by atoms with Crippen molar-refractivity contribution in [1.82, 2.24) is 5.32 Å². The first-order valence-electron chi connectivity index (χ1n) is 5.65. The zero-order valence-electron chi connectivity index (χ0n) is 9.37. The van der Waals surface area contributed by atoms with E-state index in [1.807, 2.05) is 18.2 Å². The number of nitrogens with zero attached hydrogens (tertiary/aromatic N) is 1. The summed E-state index contributed by atoms with van der Waals surface area (Å²) in [6.07, 6.45) is 3.78. The average Bonchev–Trinajstić information content (AvgIpc) is 3.08. The van der Waals surface area contributed by atoms with E-state index in [1.54, 1.807) is 0 Å². The Morgan fingerprint density at radius 3 is 2.62 bits per heavy atom. The molecule has 0 saturated heterocycles. The minimum atomic E-state index is -0.284. The number of benzene rings is 1. The molecule has 0 bridgehead atoms. The van der Waals surface area contributed by atoms with E-state index in [4.69, 9.17) is 5.26 Å². The van der Waals surface area contributed by atoms with Gasteiger partial charge >= 0.3 is 0 Å². The lowest BCUT2D eigenvalue weighted by atomic mass is 10.1. The van der Waals surface area contributed by atoms with Crippen LogP contribution in [0, 0.1) is 11.3 Å². The molecule has 1 N–H and O–H groups in total. The molecule has 1 fully saturated rings. The van der Waals surface area contributed by atoms with Gasteiger partial charge < -0.3 is 5.32 Å². The van der Waals surface area contributed by atoms with Gasteiger partial charge in [-0.25, -0.2) is 0 Å². The summed E-state index contributed by atoms with van der Waals surface area (Å²) in [5.41, 5.74) is 2.00. The fourth-order valence-electron chi connectivity index (χ4n) is 1.73. The van der Waals surface area contributed by atoms with Crippen LogP contribution < -0.4 is 5.32 Å². The summed E-state index contributed by atoms with van der Waals surface area (Å²) in [6.45, 7) is 3.98. The predicted octanol–water partition coefficient (Wildman–Crippen LogP) is 2.78. The van der Waals surface area contributed by atoms with Crippen molar-refractivity contribution < 1.29 is 0 Å². The zero-order valence-corrected chi connectivity index (χ0v) is 9.37. The van der Waals surface area contributed by atoms with Gasteiger partial charge in [0, 0.05) is 5.70 Å². The van der Waals surface area contributed by atoms with Crippen molar-refractivity contribution in [3.63, 3.8) is 0 Å². The Kier molecular flexibility index (Phi) is 2.96. The number of allylic oxidation sites excluding steroid dienone is 1. The van der Waals surface area contributed by atoms with E-state index < -0.39 is 0 Å². The molecule has 1 aromatic carbocycles. The van der Waals surface area contributed by atoms with E-state index in [2.05, 4.69) is 30.1 Å². The van der Waals surface area contributed by atoms with Gasteiger partial charge in [0.15, 0.2) is 0 Å². The van der Waals surface area contributed by atoms with Gasteiger partial charge in [-0.1, -0.05) is 36.9 Å². The smallest absolute Gasteiger partial charge is 0.125 e. The third kappa shape index (κ3) is 2.64. The van der Waals surface area contributed by atoms with Gasteiger partial charge in [0.2, 0.25) is 0 Å². The number of hydrogen-bond acceptors (Lipinski definition) is 2. The first kappa shape index (κ1) is 10.8. The maximum atomic E-state index is 8.94. The summed E-state index contributed by atoms with van der Waals surface area (Å²) < 4.78 is 0. The normalized spacial score (nSPS) is 16.2. The minimum absolute atomic E-state index is 0.284. The minimum Gasteiger partial charge on any atom is -0.371 e. The summed E-state index contributed by atoms with van der Waals surface area (Å²) >= 11 is 0. The summed E-state index contributed by atoms with van der Waals surface area (Å²) in [6, 6.07) is 12.6. The lowest BCUT2D eigenvalue weighted by Crippen LogP contribution is -2.28. The van der Waals surface area contributed by atoms with Crippen LogP contribution in [-0.4, -0.2) is 5.54 Å². The van der Waals surface area contributed by atoms with Crippen molar-refractivity contribution in [3.8, 4) is 6.07 Å². The third-order valence-electron chi connectivity index (χ3n) is 2.94. The Labute approximate surface area is 96.6 Å². The molecular weight excluding hydrogens is 196 g/mol. The topological polar surface area (TPSA) is 35.8 Å².